The van der Waals surface area contributed by atoms with Gasteiger partial charge in [0.15, 0.2) is 0 Å². The van der Waals surface area contributed by atoms with Crippen LogP contribution >= 0.6 is 0 Å². The summed E-state index contributed by atoms with van der Waals surface area (Å²) in [6.45, 7) is 2.46. The third-order valence-corrected chi connectivity index (χ3v) is 3.44. The lowest BCUT2D eigenvalue weighted by molar-refractivity contribution is 0.111. The van der Waals surface area contributed by atoms with Gasteiger partial charge in [0.25, 0.3) is 0 Å². The van der Waals surface area contributed by atoms with E-state index in [0.29, 0.717) is 12.1 Å². The fourth-order valence-corrected chi connectivity index (χ4v) is 2.63. The predicted octanol–water partition coefficient (Wildman–Crippen LogP) is 1.25. The van der Waals surface area contributed by atoms with E-state index in [4.69, 9.17) is 5.73 Å². The van der Waals surface area contributed by atoms with Crippen molar-refractivity contribution in [2.45, 2.75) is 57.0 Å². The van der Waals surface area contributed by atoms with Crippen LogP contribution in [0.25, 0.3) is 0 Å². The molecule has 0 radical (unpaired) electrons. The third kappa shape index (κ3) is 2.94. The van der Waals surface area contributed by atoms with Crippen LogP contribution in [0.4, 0.5) is 0 Å². The smallest absolute Gasteiger partial charge is 0.0230 e. The normalized spacial score (nSPS) is 35.8. The van der Waals surface area contributed by atoms with Crippen LogP contribution < -0.4 is 11.2 Å². The first-order valence-corrected chi connectivity index (χ1v) is 6.11. The number of hydrazine groups is 1. The Hall–Kier alpha value is -0.120. The van der Waals surface area contributed by atoms with Crippen molar-refractivity contribution in [3.63, 3.8) is 0 Å². The molecule has 2 fully saturated rings. The van der Waals surface area contributed by atoms with Crippen molar-refractivity contribution in [2.24, 2.45) is 5.73 Å². The molecule has 0 aromatic heterocycles. The fraction of sp³-hybridized carbons (Fsp3) is 1.00. The van der Waals surface area contributed by atoms with Gasteiger partial charge in [0, 0.05) is 25.2 Å². The highest BCUT2D eigenvalue weighted by Crippen LogP contribution is 2.18. The second-order valence-corrected chi connectivity index (χ2v) is 4.80. The second-order valence-electron chi connectivity index (χ2n) is 4.80. The summed E-state index contributed by atoms with van der Waals surface area (Å²) in [6.07, 6.45) is 9.10. The summed E-state index contributed by atoms with van der Waals surface area (Å²) in [4.78, 5) is 0. The highest BCUT2D eigenvalue weighted by molar-refractivity contribution is 4.79. The zero-order chi connectivity index (χ0) is 9.80. The standard InChI is InChI=1S/C11H23N3/c12-10-5-4-6-11(9-10)13-14-7-2-1-3-8-14/h10-11,13H,1-9,12H2. The number of rotatable bonds is 2. The SMILES string of the molecule is NC1CCCC(NN2CCCCC2)C1. The second kappa shape index (κ2) is 5.10. The van der Waals surface area contributed by atoms with Crippen molar-refractivity contribution in [1.82, 2.24) is 10.4 Å². The van der Waals surface area contributed by atoms with Gasteiger partial charge >= 0.3 is 0 Å². The van der Waals surface area contributed by atoms with Crippen LogP contribution in [0.1, 0.15) is 44.9 Å². The van der Waals surface area contributed by atoms with Crippen LogP contribution in [0.5, 0.6) is 0 Å². The van der Waals surface area contributed by atoms with Crippen molar-refractivity contribution in [3.05, 3.63) is 0 Å². The number of hydrogen-bond donors (Lipinski definition) is 2. The molecule has 1 saturated heterocycles. The van der Waals surface area contributed by atoms with E-state index in [1.165, 1.54) is 51.6 Å². The molecule has 1 heterocycles. The molecule has 0 amide bonds. The molecule has 2 aliphatic rings. The number of nitrogens with two attached hydrogens (primary N) is 1. The van der Waals surface area contributed by atoms with Crippen LogP contribution in [0, 0.1) is 0 Å². The maximum Gasteiger partial charge on any atom is 0.0230 e. The van der Waals surface area contributed by atoms with E-state index >= 15 is 0 Å². The minimum absolute atomic E-state index is 0.436. The van der Waals surface area contributed by atoms with Crippen LogP contribution in [0.2, 0.25) is 0 Å². The summed E-state index contributed by atoms with van der Waals surface area (Å²) in [7, 11) is 0. The molecule has 3 nitrogen and oxygen atoms in total. The van der Waals surface area contributed by atoms with Crippen LogP contribution in [0.15, 0.2) is 0 Å². The van der Waals surface area contributed by atoms with E-state index in [1.807, 2.05) is 0 Å². The molecule has 2 unspecified atom stereocenters. The lowest BCUT2D eigenvalue weighted by atomic mass is 9.92. The highest BCUT2D eigenvalue weighted by atomic mass is 15.5. The molecule has 3 N–H and O–H groups in total. The number of hydrogen-bond acceptors (Lipinski definition) is 3. The molecule has 0 bridgehead atoms. The highest BCUT2D eigenvalue weighted by Gasteiger charge is 2.21. The molecule has 82 valence electrons. The first-order valence-electron chi connectivity index (χ1n) is 6.11. The molecule has 0 aromatic carbocycles. The molecule has 0 aromatic rings. The molecular formula is C11H23N3. The van der Waals surface area contributed by atoms with E-state index in [2.05, 4.69) is 10.4 Å². The van der Waals surface area contributed by atoms with E-state index in [9.17, 15) is 0 Å². The minimum atomic E-state index is 0.436. The van der Waals surface area contributed by atoms with Crippen molar-refractivity contribution < 1.29 is 0 Å². The van der Waals surface area contributed by atoms with Crippen LogP contribution in [0.3, 0.4) is 0 Å². The van der Waals surface area contributed by atoms with Crippen molar-refractivity contribution >= 4 is 0 Å². The maximum absolute atomic E-state index is 5.97. The van der Waals surface area contributed by atoms with Gasteiger partial charge in [-0.05, 0) is 32.1 Å². The first kappa shape index (κ1) is 10.4. The van der Waals surface area contributed by atoms with Crippen LogP contribution in [-0.2, 0) is 0 Å². The predicted molar refractivity (Wildman–Crippen MR) is 58.8 cm³/mol. The Balaban J connectivity index is 1.72. The van der Waals surface area contributed by atoms with Gasteiger partial charge in [0.1, 0.15) is 0 Å². The summed E-state index contributed by atoms with van der Waals surface area (Å²) in [5.41, 5.74) is 9.61. The molecule has 2 atom stereocenters. The Bertz CT molecular complexity index is 166. The van der Waals surface area contributed by atoms with Gasteiger partial charge < -0.3 is 5.73 Å². The topological polar surface area (TPSA) is 41.3 Å². The van der Waals surface area contributed by atoms with Gasteiger partial charge in [-0.3, -0.25) is 5.43 Å². The zero-order valence-corrected chi connectivity index (χ0v) is 9.04. The van der Waals surface area contributed by atoms with Gasteiger partial charge in [-0.25, -0.2) is 5.01 Å². The molecule has 3 heteroatoms. The first-order chi connectivity index (χ1) is 6.84. The van der Waals surface area contributed by atoms with E-state index in [-0.39, 0.29) is 0 Å². The number of nitrogens with one attached hydrogen (secondary N) is 1. The van der Waals surface area contributed by atoms with Gasteiger partial charge in [0.05, 0.1) is 0 Å². The van der Waals surface area contributed by atoms with Gasteiger partial charge in [-0.1, -0.05) is 12.8 Å². The van der Waals surface area contributed by atoms with Gasteiger partial charge in [0.2, 0.25) is 0 Å². The molecular weight excluding hydrogens is 174 g/mol. The minimum Gasteiger partial charge on any atom is -0.328 e. The summed E-state index contributed by atoms with van der Waals surface area (Å²) in [6, 6.07) is 1.09. The van der Waals surface area contributed by atoms with Crippen molar-refractivity contribution in [1.29, 1.82) is 0 Å². The summed E-state index contributed by atoms with van der Waals surface area (Å²) in [5, 5.41) is 2.41. The fourth-order valence-electron chi connectivity index (χ4n) is 2.63. The monoisotopic (exact) mass is 197 g/mol. The summed E-state index contributed by atoms with van der Waals surface area (Å²) >= 11 is 0. The number of nitrogens with zero attached hydrogens (tertiary/aromatic N) is 1. The van der Waals surface area contributed by atoms with E-state index in [0.717, 1.165) is 6.42 Å². The summed E-state index contributed by atoms with van der Waals surface area (Å²) in [5.74, 6) is 0. The lowest BCUT2D eigenvalue weighted by Crippen LogP contribution is -2.50. The molecule has 14 heavy (non-hydrogen) atoms. The van der Waals surface area contributed by atoms with Crippen molar-refractivity contribution in [2.75, 3.05) is 13.1 Å². The Kier molecular flexibility index (Phi) is 3.79. The molecule has 1 aliphatic carbocycles. The van der Waals surface area contributed by atoms with Crippen LogP contribution in [-0.4, -0.2) is 30.2 Å². The van der Waals surface area contributed by atoms with Gasteiger partial charge in [-0.15, -0.1) is 0 Å². The third-order valence-electron chi connectivity index (χ3n) is 3.44. The Morgan fingerprint density at radius 2 is 1.79 bits per heavy atom. The Labute approximate surface area is 87.0 Å². The number of piperidine rings is 1. The van der Waals surface area contributed by atoms with E-state index < -0.39 is 0 Å². The van der Waals surface area contributed by atoms with E-state index in [1.54, 1.807) is 0 Å². The molecule has 0 spiro atoms. The molecule has 1 saturated carbocycles. The average molecular weight is 197 g/mol. The zero-order valence-electron chi connectivity index (χ0n) is 9.04. The largest absolute Gasteiger partial charge is 0.328 e. The quantitative estimate of drug-likeness (QED) is 0.700. The average Bonchev–Trinajstić information content (AvgIpc) is 2.19. The molecule has 1 aliphatic heterocycles. The van der Waals surface area contributed by atoms with Gasteiger partial charge in [-0.2, -0.15) is 0 Å². The maximum atomic E-state index is 5.97. The molecule has 2 rings (SSSR count). The Morgan fingerprint density at radius 1 is 1.00 bits per heavy atom. The lowest BCUT2D eigenvalue weighted by Gasteiger charge is -2.35. The van der Waals surface area contributed by atoms with Crippen molar-refractivity contribution in [3.8, 4) is 0 Å². The summed E-state index contributed by atoms with van der Waals surface area (Å²) < 4.78 is 0. The Morgan fingerprint density at radius 3 is 2.50 bits per heavy atom.